The number of rotatable bonds is 8. The second kappa shape index (κ2) is 10.1. The molecule has 0 bridgehead atoms. The van der Waals surface area contributed by atoms with Crippen molar-refractivity contribution in [1.29, 1.82) is 0 Å². The fourth-order valence-electron chi connectivity index (χ4n) is 1.74. The molecule has 0 aliphatic rings. The number of hydrogen-bond donors (Lipinski definition) is 2. The van der Waals surface area contributed by atoms with Gasteiger partial charge in [0.25, 0.3) is 6.43 Å². The maximum Gasteiger partial charge on any atom is 0.251 e. The Morgan fingerprint density at radius 1 is 1.33 bits per heavy atom. The van der Waals surface area contributed by atoms with E-state index in [1.54, 1.807) is 18.2 Å². The molecule has 0 spiro atoms. The Balaban J connectivity index is 2.46. The molecule has 1 rings (SSSR count). The number of ether oxygens (including phenoxy) is 1. The number of aliphatic hydroxyl groups is 1. The van der Waals surface area contributed by atoms with E-state index in [2.05, 4.69) is 11.8 Å². The highest BCUT2D eigenvalue weighted by Gasteiger charge is 2.11. The van der Waals surface area contributed by atoms with Gasteiger partial charge in [-0.2, -0.15) is 0 Å². The van der Waals surface area contributed by atoms with Crippen LogP contribution in [0.15, 0.2) is 24.3 Å². The van der Waals surface area contributed by atoms with Crippen molar-refractivity contribution in [1.82, 2.24) is 4.90 Å². The fourth-order valence-corrected chi connectivity index (χ4v) is 1.74. The maximum atomic E-state index is 12.3. The first-order chi connectivity index (χ1) is 10.2. The summed E-state index contributed by atoms with van der Waals surface area (Å²) in [5, 5.41) is 8.83. The fraction of sp³-hybridized carbons (Fsp3) is 0.467. The van der Waals surface area contributed by atoms with E-state index in [9.17, 15) is 8.78 Å². The summed E-state index contributed by atoms with van der Waals surface area (Å²) in [7, 11) is 0. The number of halogens is 2. The monoisotopic (exact) mass is 298 g/mol. The van der Waals surface area contributed by atoms with E-state index >= 15 is 0 Å². The molecule has 0 amide bonds. The average molecular weight is 298 g/mol. The molecule has 21 heavy (non-hydrogen) atoms. The van der Waals surface area contributed by atoms with Crippen LogP contribution in [0.3, 0.4) is 0 Å². The van der Waals surface area contributed by atoms with Crippen molar-refractivity contribution >= 4 is 0 Å². The molecule has 0 heterocycles. The summed E-state index contributed by atoms with van der Waals surface area (Å²) >= 11 is 0. The topological polar surface area (TPSA) is 58.7 Å². The third kappa shape index (κ3) is 7.61. The molecule has 1 aromatic rings. The average Bonchev–Trinajstić information content (AvgIpc) is 2.45. The van der Waals surface area contributed by atoms with Crippen LogP contribution < -0.4 is 10.5 Å². The Kier molecular flexibility index (Phi) is 8.36. The lowest BCUT2D eigenvalue weighted by atomic mass is 10.2. The van der Waals surface area contributed by atoms with Crippen molar-refractivity contribution in [2.45, 2.75) is 6.43 Å². The van der Waals surface area contributed by atoms with Crippen molar-refractivity contribution in [3.8, 4) is 17.6 Å². The lowest BCUT2D eigenvalue weighted by Crippen LogP contribution is -2.35. The Hall–Kier alpha value is -1.68. The molecule has 0 saturated carbocycles. The van der Waals surface area contributed by atoms with Crippen molar-refractivity contribution in [3.05, 3.63) is 29.8 Å². The third-order valence-electron chi connectivity index (χ3n) is 2.66. The van der Waals surface area contributed by atoms with Crippen LogP contribution in [0, 0.1) is 11.8 Å². The summed E-state index contributed by atoms with van der Waals surface area (Å²) in [6, 6.07) is 7.19. The van der Waals surface area contributed by atoms with Gasteiger partial charge in [-0.25, -0.2) is 8.78 Å². The molecular weight excluding hydrogens is 278 g/mol. The summed E-state index contributed by atoms with van der Waals surface area (Å²) in [6.45, 7) is 0.553. The molecule has 4 nitrogen and oxygen atoms in total. The summed E-state index contributed by atoms with van der Waals surface area (Å²) in [6.07, 6.45) is -2.42. The van der Waals surface area contributed by atoms with E-state index in [4.69, 9.17) is 15.6 Å². The predicted molar refractivity (Wildman–Crippen MR) is 77.4 cm³/mol. The minimum absolute atomic E-state index is 0.156. The van der Waals surface area contributed by atoms with Crippen LogP contribution >= 0.6 is 0 Å². The molecule has 6 heteroatoms. The molecule has 0 fully saturated rings. The number of hydrogen-bond acceptors (Lipinski definition) is 4. The molecular formula is C15H20F2N2O2. The first-order valence-electron chi connectivity index (χ1n) is 6.69. The van der Waals surface area contributed by atoms with Crippen molar-refractivity contribution in [2.75, 3.05) is 39.4 Å². The molecule has 0 saturated heterocycles. The van der Waals surface area contributed by atoms with Gasteiger partial charge in [-0.05, 0) is 18.2 Å². The molecule has 0 aliphatic carbocycles. The molecule has 0 aliphatic heterocycles. The zero-order chi connectivity index (χ0) is 15.5. The van der Waals surface area contributed by atoms with Gasteiger partial charge in [0.15, 0.2) is 0 Å². The van der Waals surface area contributed by atoms with Crippen LogP contribution in [-0.4, -0.2) is 55.8 Å². The maximum absolute atomic E-state index is 12.3. The summed E-state index contributed by atoms with van der Waals surface area (Å²) in [4.78, 5) is 1.46. The largest absolute Gasteiger partial charge is 0.492 e. The molecule has 0 atom stereocenters. The minimum Gasteiger partial charge on any atom is -0.492 e. The van der Waals surface area contributed by atoms with E-state index < -0.39 is 6.43 Å². The standard InChI is InChI=1S/C15H20F2N2O2/c16-15(17)12-19(7-9-20)8-10-21-14-5-1-3-13(11-14)4-2-6-18/h1,3,5,11,15,20H,6-10,12,18H2. The van der Waals surface area contributed by atoms with Crippen LogP contribution in [-0.2, 0) is 0 Å². The Bertz CT molecular complexity index is 472. The second-order valence-corrected chi connectivity index (χ2v) is 4.30. The van der Waals surface area contributed by atoms with Crippen molar-refractivity contribution in [2.24, 2.45) is 5.73 Å². The van der Waals surface area contributed by atoms with Crippen LogP contribution in [0.5, 0.6) is 5.75 Å². The number of alkyl halides is 2. The molecule has 0 aromatic heterocycles. The lowest BCUT2D eigenvalue weighted by molar-refractivity contribution is 0.0709. The SMILES string of the molecule is NCC#Cc1cccc(OCCN(CCO)CC(F)F)c1. The van der Waals surface area contributed by atoms with E-state index in [0.717, 1.165) is 5.56 Å². The van der Waals surface area contributed by atoms with Gasteiger partial charge in [0, 0.05) is 18.7 Å². The zero-order valence-corrected chi connectivity index (χ0v) is 11.8. The third-order valence-corrected chi connectivity index (χ3v) is 2.66. The molecule has 0 radical (unpaired) electrons. The van der Waals surface area contributed by atoms with Crippen LogP contribution in [0.2, 0.25) is 0 Å². The van der Waals surface area contributed by atoms with E-state index in [1.165, 1.54) is 4.90 Å². The Morgan fingerprint density at radius 3 is 2.81 bits per heavy atom. The van der Waals surface area contributed by atoms with Crippen molar-refractivity contribution < 1.29 is 18.6 Å². The summed E-state index contributed by atoms with van der Waals surface area (Å²) in [5.74, 6) is 6.26. The Labute approximate surface area is 123 Å². The van der Waals surface area contributed by atoms with Gasteiger partial charge >= 0.3 is 0 Å². The van der Waals surface area contributed by atoms with E-state index in [1.807, 2.05) is 6.07 Å². The van der Waals surface area contributed by atoms with Crippen molar-refractivity contribution in [3.63, 3.8) is 0 Å². The Morgan fingerprint density at radius 2 is 2.14 bits per heavy atom. The first kappa shape index (κ1) is 17.4. The van der Waals surface area contributed by atoms with Crippen LogP contribution in [0.4, 0.5) is 8.78 Å². The van der Waals surface area contributed by atoms with Crippen LogP contribution in [0.1, 0.15) is 5.56 Å². The van der Waals surface area contributed by atoms with Gasteiger partial charge in [0.05, 0.1) is 19.7 Å². The highest BCUT2D eigenvalue weighted by Crippen LogP contribution is 2.12. The minimum atomic E-state index is -2.42. The molecule has 0 unspecified atom stereocenters. The van der Waals surface area contributed by atoms with Gasteiger partial charge in [-0.15, -0.1) is 0 Å². The number of nitrogens with zero attached hydrogens (tertiary/aromatic N) is 1. The molecule has 1 aromatic carbocycles. The predicted octanol–water partition coefficient (Wildman–Crippen LogP) is 0.935. The number of aliphatic hydroxyl groups excluding tert-OH is 1. The van der Waals surface area contributed by atoms with Crippen LogP contribution in [0.25, 0.3) is 0 Å². The van der Waals surface area contributed by atoms with Gasteiger partial charge in [-0.1, -0.05) is 17.9 Å². The zero-order valence-electron chi connectivity index (χ0n) is 11.8. The number of nitrogens with two attached hydrogens (primary N) is 1. The first-order valence-corrected chi connectivity index (χ1v) is 6.69. The van der Waals surface area contributed by atoms with Gasteiger partial charge in [0.2, 0.25) is 0 Å². The normalized spacial score (nSPS) is 10.6. The van der Waals surface area contributed by atoms with Gasteiger partial charge in [0.1, 0.15) is 12.4 Å². The number of benzene rings is 1. The quantitative estimate of drug-likeness (QED) is 0.701. The van der Waals surface area contributed by atoms with Gasteiger partial charge < -0.3 is 15.6 Å². The van der Waals surface area contributed by atoms with E-state index in [0.29, 0.717) is 12.3 Å². The lowest BCUT2D eigenvalue weighted by Gasteiger charge is -2.20. The van der Waals surface area contributed by atoms with Gasteiger partial charge in [-0.3, -0.25) is 4.90 Å². The summed E-state index contributed by atoms with van der Waals surface area (Å²) in [5.41, 5.74) is 6.09. The highest BCUT2D eigenvalue weighted by atomic mass is 19.3. The smallest absolute Gasteiger partial charge is 0.251 e. The second-order valence-electron chi connectivity index (χ2n) is 4.30. The molecule has 116 valence electrons. The summed E-state index contributed by atoms with van der Waals surface area (Å²) < 4.78 is 30.2. The van der Waals surface area contributed by atoms with E-state index in [-0.39, 0.29) is 32.8 Å². The molecule has 3 N–H and O–H groups in total. The highest BCUT2D eigenvalue weighted by molar-refractivity contribution is 5.39.